The molecule has 3 rings (SSSR count). The van der Waals surface area contributed by atoms with E-state index in [0.717, 1.165) is 32.3 Å². The predicted molar refractivity (Wildman–Crippen MR) is 107 cm³/mol. The van der Waals surface area contributed by atoms with Crippen LogP contribution in [0.25, 0.3) is 10.6 Å². The van der Waals surface area contributed by atoms with Gasteiger partial charge in [-0.2, -0.15) is 0 Å². The highest BCUT2D eigenvalue weighted by Crippen LogP contribution is 2.28. The first-order valence-electron chi connectivity index (χ1n) is 8.56. The van der Waals surface area contributed by atoms with Crippen molar-refractivity contribution in [3.8, 4) is 10.6 Å². The van der Waals surface area contributed by atoms with E-state index >= 15 is 0 Å². The van der Waals surface area contributed by atoms with Crippen LogP contribution in [0, 0.1) is 26.6 Å². The van der Waals surface area contributed by atoms with E-state index in [9.17, 15) is 12.8 Å². The van der Waals surface area contributed by atoms with Crippen LogP contribution in [-0.2, 0) is 16.4 Å². The van der Waals surface area contributed by atoms with Crippen LogP contribution in [0.4, 0.5) is 4.39 Å². The van der Waals surface area contributed by atoms with E-state index in [1.165, 1.54) is 23.5 Å². The summed E-state index contributed by atoms with van der Waals surface area (Å²) in [7, 11) is -3.55. The molecule has 0 bridgehead atoms. The maximum Gasteiger partial charge on any atom is 0.240 e. The van der Waals surface area contributed by atoms with E-state index in [1.54, 1.807) is 24.3 Å². The molecule has 0 fully saturated rings. The number of hydrogen-bond acceptors (Lipinski definition) is 4. The molecule has 3 aromatic rings. The minimum Gasteiger partial charge on any atom is -0.241 e. The van der Waals surface area contributed by atoms with E-state index in [-0.39, 0.29) is 5.82 Å². The Morgan fingerprint density at radius 2 is 1.78 bits per heavy atom. The molecule has 0 spiro atoms. The second-order valence-corrected chi connectivity index (χ2v) is 9.20. The van der Waals surface area contributed by atoms with Gasteiger partial charge >= 0.3 is 0 Å². The van der Waals surface area contributed by atoms with E-state index in [2.05, 4.69) is 9.71 Å². The molecule has 27 heavy (non-hydrogen) atoms. The molecular weight excluding hydrogens is 383 g/mol. The van der Waals surface area contributed by atoms with Crippen molar-refractivity contribution >= 4 is 21.4 Å². The van der Waals surface area contributed by atoms with Gasteiger partial charge in [0.1, 0.15) is 10.8 Å². The van der Waals surface area contributed by atoms with Crippen molar-refractivity contribution < 1.29 is 12.8 Å². The topological polar surface area (TPSA) is 59.1 Å². The molecule has 0 saturated carbocycles. The number of hydrogen-bond donors (Lipinski definition) is 1. The summed E-state index contributed by atoms with van der Waals surface area (Å²) in [6.07, 6.45) is 0.550. The summed E-state index contributed by atoms with van der Waals surface area (Å²) in [5.41, 5.74) is 3.43. The van der Waals surface area contributed by atoms with Crippen molar-refractivity contribution in [2.75, 3.05) is 6.54 Å². The van der Waals surface area contributed by atoms with Crippen molar-refractivity contribution in [3.05, 3.63) is 70.0 Å². The first-order chi connectivity index (χ1) is 12.8. The molecule has 0 aliphatic heterocycles. The number of aryl methyl sites for hydroxylation is 2. The van der Waals surface area contributed by atoms with Crippen LogP contribution in [0.5, 0.6) is 0 Å². The predicted octanol–water partition coefficient (Wildman–Crippen LogP) is 4.40. The lowest BCUT2D eigenvalue weighted by Gasteiger charge is -2.10. The van der Waals surface area contributed by atoms with Crippen molar-refractivity contribution in [3.63, 3.8) is 0 Å². The second kappa shape index (κ2) is 7.88. The van der Waals surface area contributed by atoms with Gasteiger partial charge in [0, 0.05) is 17.0 Å². The Morgan fingerprint density at radius 3 is 2.48 bits per heavy atom. The highest BCUT2D eigenvalue weighted by atomic mass is 32.2. The van der Waals surface area contributed by atoms with Crippen LogP contribution < -0.4 is 4.72 Å². The number of halogens is 1. The number of benzene rings is 2. The standard InChI is InChI=1S/C20H21FN2O2S2/c1-13-5-4-6-19(14(13)2)27(24,25)22-12-11-18-15(3)23-20(26-18)16-7-9-17(21)10-8-16/h4-10,22H,11-12H2,1-3H3. The van der Waals surface area contributed by atoms with Crippen molar-refractivity contribution in [2.24, 2.45) is 0 Å². The molecule has 1 aromatic heterocycles. The van der Waals surface area contributed by atoms with Gasteiger partial charge in [-0.1, -0.05) is 12.1 Å². The molecule has 0 radical (unpaired) electrons. The zero-order valence-corrected chi connectivity index (χ0v) is 17.0. The average Bonchev–Trinajstić information content (AvgIpc) is 2.98. The fourth-order valence-electron chi connectivity index (χ4n) is 2.77. The Balaban J connectivity index is 1.70. The van der Waals surface area contributed by atoms with Crippen LogP contribution in [0.3, 0.4) is 0 Å². The summed E-state index contributed by atoms with van der Waals surface area (Å²) in [4.78, 5) is 5.86. The van der Waals surface area contributed by atoms with E-state index in [1.807, 2.05) is 26.8 Å². The van der Waals surface area contributed by atoms with Crippen LogP contribution in [-0.4, -0.2) is 19.9 Å². The van der Waals surface area contributed by atoms with Crippen molar-refractivity contribution in [1.29, 1.82) is 0 Å². The molecule has 1 heterocycles. The fourth-order valence-corrected chi connectivity index (χ4v) is 5.18. The van der Waals surface area contributed by atoms with Gasteiger partial charge < -0.3 is 0 Å². The summed E-state index contributed by atoms with van der Waals surface area (Å²) >= 11 is 1.50. The maximum absolute atomic E-state index is 13.1. The van der Waals surface area contributed by atoms with Gasteiger partial charge in [-0.15, -0.1) is 11.3 Å². The third-order valence-corrected chi connectivity index (χ3v) is 7.34. The molecule has 0 aliphatic carbocycles. The molecule has 7 heteroatoms. The lowest BCUT2D eigenvalue weighted by molar-refractivity contribution is 0.581. The summed E-state index contributed by atoms with van der Waals surface area (Å²) in [5.74, 6) is -0.284. The fraction of sp³-hybridized carbons (Fsp3) is 0.250. The third kappa shape index (κ3) is 4.43. The molecule has 0 aliphatic rings. The van der Waals surface area contributed by atoms with E-state index in [4.69, 9.17) is 0 Å². The first-order valence-corrected chi connectivity index (χ1v) is 10.9. The monoisotopic (exact) mass is 404 g/mol. The Labute approximate surface area is 163 Å². The van der Waals surface area contributed by atoms with Gasteiger partial charge in [-0.3, -0.25) is 0 Å². The Kier molecular flexibility index (Phi) is 5.74. The van der Waals surface area contributed by atoms with Gasteiger partial charge in [-0.05, 0) is 68.7 Å². The quantitative estimate of drug-likeness (QED) is 0.663. The normalized spacial score (nSPS) is 11.7. The molecule has 4 nitrogen and oxygen atoms in total. The van der Waals surface area contributed by atoms with Crippen LogP contribution in [0.1, 0.15) is 21.7 Å². The van der Waals surface area contributed by atoms with E-state index < -0.39 is 10.0 Å². The molecule has 1 N–H and O–H groups in total. The number of thiazole rings is 1. The maximum atomic E-state index is 13.1. The van der Waals surface area contributed by atoms with E-state index in [0.29, 0.717) is 17.9 Å². The van der Waals surface area contributed by atoms with Gasteiger partial charge in [0.2, 0.25) is 10.0 Å². The Morgan fingerprint density at radius 1 is 1.07 bits per heavy atom. The van der Waals surface area contributed by atoms with Crippen LogP contribution in [0.2, 0.25) is 0 Å². The lowest BCUT2D eigenvalue weighted by Crippen LogP contribution is -2.26. The molecular formula is C20H21FN2O2S2. The molecule has 2 aromatic carbocycles. The average molecular weight is 405 g/mol. The molecule has 0 saturated heterocycles. The third-order valence-electron chi connectivity index (χ3n) is 4.47. The number of aromatic nitrogens is 1. The number of nitrogens with one attached hydrogen (secondary N) is 1. The smallest absolute Gasteiger partial charge is 0.240 e. The van der Waals surface area contributed by atoms with Crippen LogP contribution >= 0.6 is 11.3 Å². The van der Waals surface area contributed by atoms with Gasteiger partial charge in [0.25, 0.3) is 0 Å². The summed E-state index contributed by atoms with van der Waals surface area (Å²) < 4.78 is 40.9. The summed E-state index contributed by atoms with van der Waals surface area (Å²) in [6, 6.07) is 11.5. The van der Waals surface area contributed by atoms with Gasteiger partial charge in [-0.25, -0.2) is 22.5 Å². The van der Waals surface area contributed by atoms with Crippen LogP contribution in [0.15, 0.2) is 47.4 Å². The largest absolute Gasteiger partial charge is 0.241 e. The van der Waals surface area contributed by atoms with Crippen molar-refractivity contribution in [1.82, 2.24) is 9.71 Å². The van der Waals surface area contributed by atoms with Crippen molar-refractivity contribution in [2.45, 2.75) is 32.1 Å². The van der Waals surface area contributed by atoms with Gasteiger partial charge in [0.15, 0.2) is 0 Å². The summed E-state index contributed by atoms with van der Waals surface area (Å²) in [5, 5.41) is 0.805. The first kappa shape index (κ1) is 19.7. The molecule has 0 atom stereocenters. The lowest BCUT2D eigenvalue weighted by atomic mass is 10.1. The molecule has 0 unspecified atom stereocenters. The molecule has 0 amide bonds. The minimum absolute atomic E-state index is 0.284. The Bertz CT molecular complexity index is 1060. The van der Waals surface area contributed by atoms with Gasteiger partial charge in [0.05, 0.1) is 10.6 Å². The zero-order valence-electron chi connectivity index (χ0n) is 15.4. The highest BCUT2D eigenvalue weighted by Gasteiger charge is 2.17. The highest BCUT2D eigenvalue weighted by molar-refractivity contribution is 7.89. The minimum atomic E-state index is -3.55. The SMILES string of the molecule is Cc1cccc(S(=O)(=O)NCCc2sc(-c3ccc(F)cc3)nc2C)c1C. The zero-order chi connectivity index (χ0) is 19.6. The second-order valence-electron chi connectivity index (χ2n) is 6.38. The Hall–Kier alpha value is -2.09. The summed E-state index contributed by atoms with van der Waals surface area (Å²) in [6.45, 7) is 5.90. The number of rotatable bonds is 6. The number of nitrogens with zero attached hydrogens (tertiary/aromatic N) is 1. The number of sulfonamides is 1. The molecule has 142 valence electrons.